The van der Waals surface area contributed by atoms with Crippen LogP contribution in [0.1, 0.15) is 48.2 Å². The van der Waals surface area contributed by atoms with Crippen LogP contribution in [0.2, 0.25) is 0 Å². The van der Waals surface area contributed by atoms with Crippen LogP contribution in [0.4, 0.5) is 0 Å². The van der Waals surface area contributed by atoms with Gasteiger partial charge < -0.3 is 10.1 Å². The summed E-state index contributed by atoms with van der Waals surface area (Å²) in [5.74, 6) is 1.55. The second-order valence-corrected chi connectivity index (χ2v) is 9.02. The van der Waals surface area contributed by atoms with Crippen molar-refractivity contribution in [3.05, 3.63) is 83.7 Å². The van der Waals surface area contributed by atoms with Crippen LogP contribution in [0.25, 0.3) is 11.1 Å². The molecule has 0 fully saturated rings. The van der Waals surface area contributed by atoms with Crippen molar-refractivity contribution in [1.82, 2.24) is 15.2 Å². The summed E-state index contributed by atoms with van der Waals surface area (Å²) in [5.41, 5.74) is 5.18. The Hall–Kier alpha value is -3.18. The topological polar surface area (TPSA) is 54.5 Å². The van der Waals surface area contributed by atoms with E-state index < -0.39 is 0 Å². The molecule has 5 nitrogen and oxygen atoms in total. The number of nitrogens with one attached hydrogen (secondary N) is 1. The third-order valence-corrected chi connectivity index (χ3v) is 6.71. The zero-order chi connectivity index (χ0) is 23.8. The summed E-state index contributed by atoms with van der Waals surface area (Å²) in [4.78, 5) is 19.4. The smallest absolute Gasteiger partial charge is 0.251 e. The molecule has 1 aliphatic rings. The zero-order valence-electron chi connectivity index (χ0n) is 20.3. The van der Waals surface area contributed by atoms with Crippen LogP contribution in [0, 0.1) is 5.92 Å². The summed E-state index contributed by atoms with van der Waals surface area (Å²) in [6, 6.07) is 18.3. The van der Waals surface area contributed by atoms with E-state index in [-0.39, 0.29) is 5.91 Å². The van der Waals surface area contributed by atoms with Crippen molar-refractivity contribution in [2.45, 2.75) is 33.1 Å². The van der Waals surface area contributed by atoms with Crippen molar-refractivity contribution in [3.8, 4) is 16.9 Å². The van der Waals surface area contributed by atoms with E-state index in [4.69, 9.17) is 4.74 Å². The molecule has 1 aromatic heterocycles. The van der Waals surface area contributed by atoms with Gasteiger partial charge in [0, 0.05) is 50.6 Å². The van der Waals surface area contributed by atoms with E-state index in [1.807, 2.05) is 42.7 Å². The Morgan fingerprint density at radius 1 is 0.971 bits per heavy atom. The van der Waals surface area contributed by atoms with Gasteiger partial charge in [-0.2, -0.15) is 0 Å². The summed E-state index contributed by atoms with van der Waals surface area (Å²) < 4.78 is 6.35. The summed E-state index contributed by atoms with van der Waals surface area (Å²) >= 11 is 0. The maximum atomic E-state index is 12.8. The van der Waals surface area contributed by atoms with Gasteiger partial charge >= 0.3 is 0 Å². The molecule has 1 N–H and O–H groups in total. The molecule has 0 unspecified atom stereocenters. The van der Waals surface area contributed by atoms with Crippen molar-refractivity contribution in [2.75, 3.05) is 32.8 Å². The first-order chi connectivity index (χ1) is 16.7. The van der Waals surface area contributed by atoms with Crippen LogP contribution < -0.4 is 10.1 Å². The third kappa shape index (κ3) is 6.23. The van der Waals surface area contributed by atoms with Gasteiger partial charge in [-0.05, 0) is 64.6 Å². The van der Waals surface area contributed by atoms with Gasteiger partial charge in [0.2, 0.25) is 0 Å². The molecule has 0 saturated heterocycles. The van der Waals surface area contributed by atoms with E-state index in [9.17, 15) is 4.79 Å². The molecule has 5 heteroatoms. The van der Waals surface area contributed by atoms with E-state index in [0.29, 0.717) is 31.1 Å². The molecule has 1 amide bonds. The van der Waals surface area contributed by atoms with E-state index in [1.54, 1.807) is 0 Å². The Labute approximate surface area is 203 Å². The standard InChI is InChI=1S/C29H35N3O2/c1-3-22(4-2)21-32-15-14-31-29(33)26-7-5-6-23(18-26)19-27-20-25(24-10-12-30-13-11-24)8-9-28(27)34-17-16-32/h5-13,18,20,22H,3-4,14-17,19,21H2,1-2H3,(H,31,33). The van der Waals surface area contributed by atoms with Gasteiger partial charge in [-0.3, -0.25) is 14.7 Å². The van der Waals surface area contributed by atoms with Crippen LogP contribution in [-0.2, 0) is 6.42 Å². The summed E-state index contributed by atoms with van der Waals surface area (Å²) in [6.45, 7) is 8.43. The van der Waals surface area contributed by atoms with Crippen molar-refractivity contribution in [2.24, 2.45) is 5.92 Å². The molecule has 2 aromatic carbocycles. The molecule has 1 aliphatic heterocycles. The lowest BCUT2D eigenvalue weighted by atomic mass is 9.97. The number of ether oxygens (including phenoxy) is 1. The number of pyridine rings is 1. The highest BCUT2D eigenvalue weighted by Crippen LogP contribution is 2.29. The lowest BCUT2D eigenvalue weighted by molar-refractivity contribution is 0.0944. The van der Waals surface area contributed by atoms with Gasteiger partial charge in [-0.15, -0.1) is 0 Å². The molecule has 178 valence electrons. The molecule has 4 rings (SSSR count). The summed E-state index contributed by atoms with van der Waals surface area (Å²) in [7, 11) is 0. The van der Waals surface area contributed by atoms with Crippen LogP contribution in [-0.4, -0.2) is 48.6 Å². The number of rotatable bonds is 5. The highest BCUT2D eigenvalue weighted by Gasteiger charge is 2.15. The minimum atomic E-state index is -0.0107. The van der Waals surface area contributed by atoms with E-state index in [2.05, 4.69) is 53.3 Å². The molecule has 34 heavy (non-hydrogen) atoms. The molecule has 0 atom stereocenters. The van der Waals surface area contributed by atoms with Gasteiger partial charge in [-0.25, -0.2) is 0 Å². The molecule has 0 saturated carbocycles. The molecular weight excluding hydrogens is 422 g/mol. The second-order valence-electron chi connectivity index (χ2n) is 9.02. The number of amides is 1. The maximum absolute atomic E-state index is 12.8. The minimum absolute atomic E-state index is 0.0107. The second kappa shape index (κ2) is 11.8. The number of fused-ring (bicyclic) bond motifs is 3. The Morgan fingerprint density at radius 3 is 2.59 bits per heavy atom. The van der Waals surface area contributed by atoms with Gasteiger partial charge in [0.05, 0.1) is 0 Å². The number of carbonyl (C=O) groups excluding carboxylic acids is 1. The zero-order valence-corrected chi connectivity index (χ0v) is 20.3. The average molecular weight is 458 g/mol. The van der Waals surface area contributed by atoms with E-state index >= 15 is 0 Å². The third-order valence-electron chi connectivity index (χ3n) is 6.71. The SMILES string of the molecule is CCC(CC)CN1CCNC(=O)c2cccc(c2)Cc2cc(-c3ccncc3)ccc2OCC1. The predicted molar refractivity (Wildman–Crippen MR) is 137 cm³/mol. The van der Waals surface area contributed by atoms with Gasteiger partial charge in [0.15, 0.2) is 0 Å². The molecule has 2 bridgehead atoms. The quantitative estimate of drug-likeness (QED) is 0.572. The van der Waals surface area contributed by atoms with Crippen molar-refractivity contribution < 1.29 is 9.53 Å². The fraction of sp³-hybridized carbons (Fsp3) is 0.379. The Morgan fingerprint density at radius 2 is 1.79 bits per heavy atom. The van der Waals surface area contributed by atoms with Gasteiger partial charge in [0.1, 0.15) is 12.4 Å². The minimum Gasteiger partial charge on any atom is -0.492 e. The normalized spacial score (nSPS) is 15.2. The number of hydrogen-bond donors (Lipinski definition) is 1. The van der Waals surface area contributed by atoms with E-state index in [0.717, 1.165) is 60.5 Å². The number of hydrogen-bond acceptors (Lipinski definition) is 4. The molecular formula is C29H35N3O2. The largest absolute Gasteiger partial charge is 0.492 e. The Bertz CT molecular complexity index is 1080. The Balaban J connectivity index is 1.64. The lowest BCUT2D eigenvalue weighted by Gasteiger charge is -2.27. The average Bonchev–Trinajstić information content (AvgIpc) is 2.87. The van der Waals surface area contributed by atoms with E-state index in [1.165, 1.54) is 0 Å². The van der Waals surface area contributed by atoms with Crippen LogP contribution in [0.3, 0.4) is 0 Å². The number of nitrogens with zero attached hydrogens (tertiary/aromatic N) is 2. The monoisotopic (exact) mass is 457 g/mol. The highest BCUT2D eigenvalue weighted by molar-refractivity contribution is 5.94. The fourth-order valence-electron chi connectivity index (χ4n) is 4.55. The molecule has 0 radical (unpaired) electrons. The number of aromatic nitrogens is 1. The first-order valence-corrected chi connectivity index (χ1v) is 12.4. The van der Waals surface area contributed by atoms with Crippen LogP contribution >= 0.6 is 0 Å². The fourth-order valence-corrected chi connectivity index (χ4v) is 4.55. The van der Waals surface area contributed by atoms with Crippen molar-refractivity contribution >= 4 is 5.91 Å². The number of benzene rings is 2. The molecule has 0 spiro atoms. The number of carbonyl (C=O) groups is 1. The van der Waals surface area contributed by atoms with Crippen LogP contribution in [0.15, 0.2) is 67.0 Å². The predicted octanol–water partition coefficient (Wildman–Crippen LogP) is 5.20. The molecule has 0 aliphatic carbocycles. The van der Waals surface area contributed by atoms with Crippen LogP contribution in [0.5, 0.6) is 5.75 Å². The summed E-state index contributed by atoms with van der Waals surface area (Å²) in [5, 5.41) is 3.11. The molecule has 2 heterocycles. The van der Waals surface area contributed by atoms with Crippen molar-refractivity contribution in [1.29, 1.82) is 0 Å². The molecule has 3 aromatic rings. The van der Waals surface area contributed by atoms with Gasteiger partial charge in [-0.1, -0.05) is 44.9 Å². The Kier molecular flexibility index (Phi) is 8.31. The highest BCUT2D eigenvalue weighted by atomic mass is 16.5. The first kappa shape index (κ1) is 24.0. The lowest BCUT2D eigenvalue weighted by Crippen LogP contribution is -2.39. The summed E-state index contributed by atoms with van der Waals surface area (Å²) in [6.07, 6.45) is 6.65. The maximum Gasteiger partial charge on any atom is 0.251 e. The van der Waals surface area contributed by atoms with Gasteiger partial charge in [0.25, 0.3) is 5.91 Å². The van der Waals surface area contributed by atoms with Crippen molar-refractivity contribution in [3.63, 3.8) is 0 Å². The first-order valence-electron chi connectivity index (χ1n) is 12.4.